The van der Waals surface area contributed by atoms with E-state index in [1.807, 2.05) is 25.1 Å². The van der Waals surface area contributed by atoms with E-state index in [-0.39, 0.29) is 12.0 Å². The van der Waals surface area contributed by atoms with Gasteiger partial charge >= 0.3 is 0 Å². The molecule has 2 nitrogen and oxygen atoms in total. The normalized spacial score (nSPS) is 17.8. The Morgan fingerprint density at radius 2 is 1.68 bits per heavy atom. The Bertz CT molecular complexity index is 624. The lowest BCUT2D eigenvalue weighted by Crippen LogP contribution is -2.35. The Labute approximate surface area is 113 Å². The van der Waals surface area contributed by atoms with Crippen molar-refractivity contribution >= 4 is 17.1 Å². The van der Waals surface area contributed by atoms with Gasteiger partial charge in [-0.1, -0.05) is 12.1 Å². The molecule has 0 amide bonds. The van der Waals surface area contributed by atoms with Crippen LogP contribution in [0.1, 0.15) is 12.5 Å². The monoisotopic (exact) mass is 256 g/mol. The summed E-state index contributed by atoms with van der Waals surface area (Å²) in [7, 11) is 2.09. The maximum absolute atomic E-state index is 13.3. The Morgan fingerprint density at radius 3 is 2.37 bits per heavy atom. The summed E-state index contributed by atoms with van der Waals surface area (Å²) in [5, 5.41) is 0. The highest BCUT2D eigenvalue weighted by Crippen LogP contribution is 2.43. The van der Waals surface area contributed by atoms with Crippen LogP contribution in [0.5, 0.6) is 0 Å². The number of hydrogen-bond donors (Lipinski definition) is 0. The van der Waals surface area contributed by atoms with Gasteiger partial charge in [0.2, 0.25) is 0 Å². The second kappa shape index (κ2) is 4.26. The van der Waals surface area contributed by atoms with Crippen LogP contribution in [-0.4, -0.2) is 13.2 Å². The maximum atomic E-state index is 13.3. The highest BCUT2D eigenvalue weighted by molar-refractivity contribution is 5.84. The molecular formula is C16H17FN2. The Kier molecular flexibility index (Phi) is 2.70. The van der Waals surface area contributed by atoms with Crippen LogP contribution < -0.4 is 9.80 Å². The number of hydrogen-bond acceptors (Lipinski definition) is 2. The fraction of sp³-hybridized carbons (Fsp3) is 0.250. The van der Waals surface area contributed by atoms with Gasteiger partial charge < -0.3 is 9.80 Å². The van der Waals surface area contributed by atoms with E-state index in [1.54, 1.807) is 6.07 Å². The minimum Gasteiger partial charge on any atom is -0.353 e. The lowest BCUT2D eigenvalue weighted by Gasteiger charge is -2.29. The molecule has 0 saturated heterocycles. The molecule has 19 heavy (non-hydrogen) atoms. The first kappa shape index (κ1) is 12.0. The highest BCUT2D eigenvalue weighted by Gasteiger charge is 2.31. The summed E-state index contributed by atoms with van der Waals surface area (Å²) < 4.78 is 13.3. The second-order valence-electron chi connectivity index (χ2n) is 5.03. The molecule has 1 atom stereocenters. The van der Waals surface area contributed by atoms with Gasteiger partial charge in [-0.15, -0.1) is 0 Å². The van der Waals surface area contributed by atoms with Crippen LogP contribution in [0.4, 0.5) is 21.5 Å². The number of nitrogens with zero attached hydrogens (tertiary/aromatic N) is 2. The van der Waals surface area contributed by atoms with Crippen molar-refractivity contribution in [2.24, 2.45) is 0 Å². The molecule has 3 heteroatoms. The fourth-order valence-corrected chi connectivity index (χ4v) is 2.76. The van der Waals surface area contributed by atoms with Crippen molar-refractivity contribution in [3.63, 3.8) is 0 Å². The quantitative estimate of drug-likeness (QED) is 0.759. The number of halogens is 1. The zero-order valence-corrected chi connectivity index (χ0v) is 11.4. The Morgan fingerprint density at radius 1 is 1.00 bits per heavy atom. The topological polar surface area (TPSA) is 6.48 Å². The standard InChI is InChI=1S/C16H17FN2/c1-11-10-13(17)8-9-14(11)19-12(2)18(3)15-6-4-5-7-16(15)19/h4-10,12H,1-3H3. The third-order valence-electron chi connectivity index (χ3n) is 3.87. The van der Waals surface area contributed by atoms with Crippen LogP contribution in [0.2, 0.25) is 0 Å². The van der Waals surface area contributed by atoms with Gasteiger partial charge in [-0.2, -0.15) is 0 Å². The van der Waals surface area contributed by atoms with Crippen molar-refractivity contribution in [1.82, 2.24) is 0 Å². The minimum atomic E-state index is -0.185. The van der Waals surface area contributed by atoms with E-state index < -0.39 is 0 Å². The molecule has 0 aromatic heterocycles. The Hall–Kier alpha value is -2.03. The summed E-state index contributed by atoms with van der Waals surface area (Å²) in [6.07, 6.45) is 0.224. The van der Waals surface area contributed by atoms with Crippen LogP contribution in [-0.2, 0) is 0 Å². The molecule has 0 N–H and O–H groups in total. The average Bonchev–Trinajstić information content (AvgIpc) is 2.64. The first-order valence-electron chi connectivity index (χ1n) is 6.47. The van der Waals surface area contributed by atoms with E-state index in [9.17, 15) is 4.39 Å². The molecule has 0 radical (unpaired) electrons. The van der Waals surface area contributed by atoms with Crippen LogP contribution >= 0.6 is 0 Å². The van der Waals surface area contributed by atoms with Gasteiger partial charge in [-0.05, 0) is 49.7 Å². The average molecular weight is 256 g/mol. The van der Waals surface area contributed by atoms with Gasteiger partial charge in [0.05, 0.1) is 11.4 Å². The Balaban J connectivity index is 2.15. The van der Waals surface area contributed by atoms with E-state index >= 15 is 0 Å². The van der Waals surface area contributed by atoms with Crippen molar-refractivity contribution in [3.8, 4) is 0 Å². The highest BCUT2D eigenvalue weighted by atomic mass is 19.1. The van der Waals surface area contributed by atoms with Crippen LogP contribution in [0.15, 0.2) is 42.5 Å². The number of aryl methyl sites for hydroxylation is 1. The van der Waals surface area contributed by atoms with E-state index in [2.05, 4.69) is 35.9 Å². The minimum absolute atomic E-state index is 0.185. The van der Waals surface area contributed by atoms with Crippen LogP contribution in [0.25, 0.3) is 0 Å². The lowest BCUT2D eigenvalue weighted by molar-refractivity contribution is 0.626. The largest absolute Gasteiger partial charge is 0.353 e. The summed E-state index contributed by atoms with van der Waals surface area (Å²) in [6.45, 7) is 4.11. The lowest BCUT2D eigenvalue weighted by atomic mass is 10.1. The molecular weight excluding hydrogens is 239 g/mol. The first-order chi connectivity index (χ1) is 9.09. The molecule has 2 aromatic rings. The predicted molar refractivity (Wildman–Crippen MR) is 77.6 cm³/mol. The molecule has 98 valence electrons. The summed E-state index contributed by atoms with van der Waals surface area (Å²) >= 11 is 0. The summed E-state index contributed by atoms with van der Waals surface area (Å²) in [6, 6.07) is 13.3. The van der Waals surface area contributed by atoms with Gasteiger partial charge in [0.25, 0.3) is 0 Å². The van der Waals surface area contributed by atoms with E-state index in [0.717, 1.165) is 11.3 Å². The maximum Gasteiger partial charge on any atom is 0.123 e. The summed E-state index contributed by atoms with van der Waals surface area (Å²) in [5.41, 5.74) is 4.40. The number of rotatable bonds is 1. The molecule has 0 fully saturated rings. The third-order valence-corrected chi connectivity index (χ3v) is 3.87. The number of para-hydroxylation sites is 2. The van der Waals surface area contributed by atoms with Crippen molar-refractivity contribution in [3.05, 3.63) is 53.8 Å². The molecule has 1 aliphatic rings. The van der Waals surface area contributed by atoms with Gasteiger partial charge in [0.15, 0.2) is 0 Å². The number of anilines is 3. The van der Waals surface area contributed by atoms with Gasteiger partial charge in [-0.25, -0.2) is 4.39 Å². The third kappa shape index (κ3) is 1.77. The van der Waals surface area contributed by atoms with Crippen molar-refractivity contribution < 1.29 is 4.39 Å². The van der Waals surface area contributed by atoms with Crippen LogP contribution in [0.3, 0.4) is 0 Å². The first-order valence-corrected chi connectivity index (χ1v) is 6.47. The van der Waals surface area contributed by atoms with Crippen LogP contribution in [0, 0.1) is 12.7 Å². The number of fused-ring (bicyclic) bond motifs is 1. The second-order valence-corrected chi connectivity index (χ2v) is 5.03. The zero-order chi connectivity index (χ0) is 13.6. The SMILES string of the molecule is Cc1cc(F)ccc1N1c2ccccc2N(C)C1C. The van der Waals surface area contributed by atoms with E-state index in [4.69, 9.17) is 0 Å². The summed E-state index contributed by atoms with van der Waals surface area (Å²) in [4.78, 5) is 4.49. The molecule has 0 saturated carbocycles. The predicted octanol–water partition coefficient (Wildman–Crippen LogP) is 4.07. The summed E-state index contributed by atoms with van der Waals surface area (Å²) in [5.74, 6) is -0.185. The molecule has 1 heterocycles. The smallest absolute Gasteiger partial charge is 0.123 e. The van der Waals surface area contributed by atoms with Crippen molar-refractivity contribution in [2.45, 2.75) is 20.0 Å². The molecule has 0 aliphatic carbocycles. The molecule has 0 bridgehead atoms. The van der Waals surface area contributed by atoms with E-state index in [0.29, 0.717) is 0 Å². The number of benzene rings is 2. The van der Waals surface area contributed by atoms with Gasteiger partial charge in [-0.3, -0.25) is 0 Å². The van der Waals surface area contributed by atoms with Crippen molar-refractivity contribution in [2.75, 3.05) is 16.8 Å². The zero-order valence-electron chi connectivity index (χ0n) is 11.4. The van der Waals surface area contributed by atoms with Crippen molar-refractivity contribution in [1.29, 1.82) is 0 Å². The molecule has 1 unspecified atom stereocenters. The molecule has 0 spiro atoms. The fourth-order valence-electron chi connectivity index (χ4n) is 2.76. The molecule has 1 aliphatic heterocycles. The van der Waals surface area contributed by atoms with Gasteiger partial charge in [0.1, 0.15) is 12.0 Å². The van der Waals surface area contributed by atoms with E-state index in [1.165, 1.54) is 17.4 Å². The molecule has 2 aromatic carbocycles. The molecule has 3 rings (SSSR count). The van der Waals surface area contributed by atoms with Gasteiger partial charge in [0, 0.05) is 12.7 Å².